The molecule has 1 unspecified atom stereocenters. The topological polar surface area (TPSA) is 60.5 Å². The van der Waals surface area contributed by atoms with Gasteiger partial charge in [-0.1, -0.05) is 6.07 Å². The third-order valence-corrected chi connectivity index (χ3v) is 4.63. The fraction of sp³-hybridized carbons (Fsp3) is 0.217. The molecule has 0 saturated carbocycles. The van der Waals surface area contributed by atoms with Crippen LogP contribution in [0.25, 0.3) is 0 Å². The summed E-state index contributed by atoms with van der Waals surface area (Å²) in [7, 11) is 1.59. The molecule has 31 heavy (non-hydrogen) atoms. The number of carbonyl (C=O) groups is 1. The normalized spacial score (nSPS) is 12.3. The summed E-state index contributed by atoms with van der Waals surface area (Å²) >= 11 is 0. The molecule has 1 atom stereocenters. The smallest absolute Gasteiger partial charge is 0.416 e. The third-order valence-electron chi connectivity index (χ3n) is 4.63. The van der Waals surface area contributed by atoms with Crippen LogP contribution in [0.1, 0.15) is 40.3 Å². The highest BCUT2D eigenvalue weighted by molar-refractivity contribution is 6.05. The van der Waals surface area contributed by atoms with E-state index in [1.807, 2.05) is 6.92 Å². The molecule has 1 heterocycles. The van der Waals surface area contributed by atoms with E-state index in [1.165, 1.54) is 12.1 Å². The van der Waals surface area contributed by atoms with E-state index >= 15 is 0 Å². The number of hydrogen-bond donors (Lipinski definition) is 1. The van der Waals surface area contributed by atoms with Gasteiger partial charge in [0.1, 0.15) is 11.5 Å². The summed E-state index contributed by atoms with van der Waals surface area (Å²) in [6.45, 7) is 3.61. The molecule has 1 N–H and O–H groups in total. The first kappa shape index (κ1) is 22.3. The number of nitrogens with one attached hydrogen (secondary N) is 1. The number of benzene rings is 2. The first-order chi connectivity index (χ1) is 14.7. The number of methoxy groups -OCH3 is 1. The quantitative estimate of drug-likeness (QED) is 0.509. The molecule has 0 bridgehead atoms. The van der Waals surface area contributed by atoms with Crippen molar-refractivity contribution in [2.75, 3.05) is 12.4 Å². The van der Waals surface area contributed by atoms with Crippen molar-refractivity contribution in [3.8, 4) is 11.5 Å². The maximum atomic E-state index is 12.7. The van der Waals surface area contributed by atoms with Gasteiger partial charge in [-0.2, -0.15) is 13.2 Å². The highest BCUT2D eigenvalue weighted by Gasteiger charge is 2.30. The predicted molar refractivity (Wildman–Crippen MR) is 110 cm³/mol. The van der Waals surface area contributed by atoms with E-state index in [9.17, 15) is 18.0 Å². The Morgan fingerprint density at radius 1 is 1.03 bits per heavy atom. The zero-order chi connectivity index (χ0) is 22.6. The largest absolute Gasteiger partial charge is 0.457 e. The van der Waals surface area contributed by atoms with Gasteiger partial charge in [-0.15, -0.1) is 0 Å². The second-order valence-corrected chi connectivity index (χ2v) is 6.85. The maximum Gasteiger partial charge on any atom is 0.416 e. The molecule has 0 aliphatic rings. The van der Waals surface area contributed by atoms with Gasteiger partial charge < -0.3 is 14.8 Å². The van der Waals surface area contributed by atoms with Gasteiger partial charge in [-0.25, -0.2) is 0 Å². The van der Waals surface area contributed by atoms with Crippen molar-refractivity contribution >= 4 is 11.6 Å². The van der Waals surface area contributed by atoms with Gasteiger partial charge in [0.2, 0.25) is 0 Å². The highest BCUT2D eigenvalue weighted by atomic mass is 19.4. The van der Waals surface area contributed by atoms with Crippen LogP contribution < -0.4 is 10.1 Å². The van der Waals surface area contributed by atoms with Gasteiger partial charge in [-0.05, 0) is 62.4 Å². The molecule has 3 aromatic rings. The van der Waals surface area contributed by atoms with Crippen molar-refractivity contribution < 1.29 is 27.4 Å². The van der Waals surface area contributed by atoms with Crippen LogP contribution in [0, 0.1) is 6.92 Å². The third kappa shape index (κ3) is 5.61. The lowest BCUT2D eigenvalue weighted by atomic mass is 10.1. The highest BCUT2D eigenvalue weighted by Crippen LogP contribution is 2.32. The van der Waals surface area contributed by atoms with E-state index in [-0.39, 0.29) is 17.8 Å². The summed E-state index contributed by atoms with van der Waals surface area (Å²) in [5.74, 6) is 0.282. The van der Waals surface area contributed by atoms with Crippen LogP contribution in [0.2, 0.25) is 0 Å². The molecule has 1 aromatic heterocycles. The van der Waals surface area contributed by atoms with E-state index in [4.69, 9.17) is 9.47 Å². The zero-order valence-electron chi connectivity index (χ0n) is 17.2. The van der Waals surface area contributed by atoms with Gasteiger partial charge in [-0.3, -0.25) is 9.78 Å². The average molecular weight is 430 g/mol. The molecule has 0 aliphatic heterocycles. The van der Waals surface area contributed by atoms with Crippen molar-refractivity contribution in [1.82, 2.24) is 4.98 Å². The zero-order valence-corrected chi connectivity index (χ0v) is 17.2. The van der Waals surface area contributed by atoms with Crippen molar-refractivity contribution in [2.24, 2.45) is 0 Å². The second kappa shape index (κ2) is 9.18. The Hall–Kier alpha value is -3.39. The van der Waals surface area contributed by atoms with Crippen molar-refractivity contribution in [2.45, 2.75) is 26.1 Å². The molecule has 1 amide bonds. The van der Waals surface area contributed by atoms with E-state index in [2.05, 4.69) is 10.3 Å². The van der Waals surface area contributed by atoms with Crippen LogP contribution in [0.4, 0.5) is 18.9 Å². The Labute approximate surface area is 177 Å². The minimum absolute atomic E-state index is 0.185. The summed E-state index contributed by atoms with van der Waals surface area (Å²) in [5.41, 5.74) is 1.43. The lowest BCUT2D eigenvalue weighted by Crippen LogP contribution is -2.15. The predicted octanol–water partition coefficient (Wildman–Crippen LogP) is 6.16. The summed E-state index contributed by atoms with van der Waals surface area (Å²) in [5, 5.41) is 2.78. The number of anilines is 1. The Morgan fingerprint density at radius 3 is 2.35 bits per heavy atom. The molecule has 0 fully saturated rings. The fourth-order valence-corrected chi connectivity index (χ4v) is 2.85. The first-order valence-corrected chi connectivity index (χ1v) is 9.44. The summed E-state index contributed by atoms with van der Waals surface area (Å²) in [6, 6.07) is 14.4. The minimum atomic E-state index is -4.41. The summed E-state index contributed by atoms with van der Waals surface area (Å²) in [6.07, 6.45) is -4.59. The maximum absolute atomic E-state index is 12.7. The number of aromatic nitrogens is 1. The number of rotatable bonds is 6. The number of amides is 1. The number of halogens is 3. The summed E-state index contributed by atoms with van der Waals surface area (Å²) < 4.78 is 48.9. The van der Waals surface area contributed by atoms with E-state index in [0.29, 0.717) is 22.7 Å². The Morgan fingerprint density at radius 2 is 1.74 bits per heavy atom. The Kier molecular flexibility index (Phi) is 6.60. The lowest BCUT2D eigenvalue weighted by molar-refractivity contribution is -0.137. The standard InChI is InChI=1S/C23H21F3N2O3/c1-14-20(11-12-21(27-14)15(2)30-3)22(29)28-17-5-4-6-19(13-17)31-18-9-7-16(8-10-18)23(24,25)26/h4-13,15H,1-3H3,(H,28,29). The lowest BCUT2D eigenvalue weighted by Gasteiger charge is -2.13. The molecule has 2 aromatic carbocycles. The molecule has 0 saturated heterocycles. The number of alkyl halides is 3. The number of pyridine rings is 1. The minimum Gasteiger partial charge on any atom is -0.457 e. The average Bonchev–Trinajstić information content (AvgIpc) is 2.73. The van der Waals surface area contributed by atoms with Gasteiger partial charge in [0.15, 0.2) is 0 Å². The van der Waals surface area contributed by atoms with E-state index in [0.717, 1.165) is 17.8 Å². The number of ether oxygens (including phenoxy) is 2. The summed E-state index contributed by atoms with van der Waals surface area (Å²) in [4.78, 5) is 17.1. The van der Waals surface area contributed by atoms with Gasteiger partial charge in [0, 0.05) is 18.9 Å². The van der Waals surface area contributed by atoms with Crippen LogP contribution >= 0.6 is 0 Å². The molecule has 0 aliphatic carbocycles. The number of aryl methyl sites for hydroxylation is 1. The van der Waals surface area contributed by atoms with Crippen LogP contribution in [-0.4, -0.2) is 18.0 Å². The van der Waals surface area contributed by atoms with Crippen molar-refractivity contribution in [3.63, 3.8) is 0 Å². The Bertz CT molecular complexity index is 1070. The molecular formula is C23H21F3N2O3. The monoisotopic (exact) mass is 430 g/mol. The van der Waals surface area contributed by atoms with Crippen LogP contribution in [0.5, 0.6) is 11.5 Å². The molecule has 8 heteroatoms. The van der Waals surface area contributed by atoms with Gasteiger partial charge >= 0.3 is 6.18 Å². The van der Waals surface area contributed by atoms with Crippen molar-refractivity contribution in [3.05, 3.63) is 83.2 Å². The Balaban J connectivity index is 1.71. The van der Waals surface area contributed by atoms with Crippen molar-refractivity contribution in [1.29, 1.82) is 0 Å². The van der Waals surface area contributed by atoms with E-state index < -0.39 is 11.7 Å². The number of nitrogens with zero attached hydrogens (tertiary/aromatic N) is 1. The van der Waals surface area contributed by atoms with Crippen LogP contribution in [0.3, 0.4) is 0 Å². The molecule has 5 nitrogen and oxygen atoms in total. The molecular weight excluding hydrogens is 409 g/mol. The first-order valence-electron chi connectivity index (χ1n) is 9.44. The SMILES string of the molecule is COC(C)c1ccc(C(=O)Nc2cccc(Oc3ccc(C(F)(F)F)cc3)c2)c(C)n1. The number of hydrogen-bond acceptors (Lipinski definition) is 4. The van der Waals surface area contributed by atoms with Gasteiger partial charge in [0.25, 0.3) is 5.91 Å². The molecule has 162 valence electrons. The van der Waals surface area contributed by atoms with Crippen LogP contribution in [0.15, 0.2) is 60.7 Å². The van der Waals surface area contributed by atoms with E-state index in [1.54, 1.807) is 50.4 Å². The number of carbonyl (C=O) groups excluding carboxylic acids is 1. The second-order valence-electron chi connectivity index (χ2n) is 6.85. The molecule has 0 radical (unpaired) electrons. The fourth-order valence-electron chi connectivity index (χ4n) is 2.85. The van der Waals surface area contributed by atoms with Gasteiger partial charge in [0.05, 0.1) is 28.6 Å². The molecule has 3 rings (SSSR count). The van der Waals surface area contributed by atoms with Crippen LogP contribution in [-0.2, 0) is 10.9 Å². The molecule has 0 spiro atoms.